The molecule has 0 amide bonds. The Bertz CT molecular complexity index is 3220. The van der Waals surface area contributed by atoms with Gasteiger partial charge in [-0.2, -0.15) is 0 Å². The van der Waals surface area contributed by atoms with Crippen molar-refractivity contribution in [1.29, 1.82) is 0 Å². The lowest BCUT2D eigenvalue weighted by atomic mass is 10.0. The second-order valence-electron chi connectivity index (χ2n) is 14.2. The molecule has 4 heteroatoms. The number of benzene rings is 8. The van der Waals surface area contributed by atoms with Crippen molar-refractivity contribution in [2.75, 3.05) is 0 Å². The maximum Gasteiger partial charge on any atom is 0.160 e. The van der Waals surface area contributed by atoms with E-state index in [9.17, 15) is 0 Å². The minimum atomic E-state index is 0.698. The Morgan fingerprint density at radius 3 is 1.38 bits per heavy atom. The van der Waals surface area contributed by atoms with E-state index in [0.717, 1.165) is 50.5 Å². The van der Waals surface area contributed by atoms with Gasteiger partial charge in [-0.15, -0.1) is 0 Å². The first-order valence-electron chi connectivity index (χ1n) is 19.0. The third kappa shape index (κ3) is 5.31. The zero-order valence-corrected chi connectivity index (χ0v) is 30.4. The number of nitrogens with zero attached hydrogens (tertiary/aromatic N) is 4. The van der Waals surface area contributed by atoms with Crippen LogP contribution in [0.4, 0.5) is 0 Å². The van der Waals surface area contributed by atoms with E-state index in [2.05, 4.69) is 191 Å². The molecule has 0 fully saturated rings. The average molecular weight is 715 g/mol. The third-order valence-electron chi connectivity index (χ3n) is 10.9. The molecular weight excluding hydrogens is 681 g/mol. The van der Waals surface area contributed by atoms with Gasteiger partial charge >= 0.3 is 0 Å². The molecule has 3 heterocycles. The van der Waals surface area contributed by atoms with Gasteiger partial charge in [-0.1, -0.05) is 152 Å². The SMILES string of the molecule is c1ccc(-c2ccc(-c3cc(-c4cccc(-n5c6ccccc6c6cc7c8ccccc8n(-c8ccccc8)c7cc65)c4)nc(-c4ccccc4)n3)cc2)cc1. The molecule has 11 rings (SSSR count). The summed E-state index contributed by atoms with van der Waals surface area (Å²) in [6, 6.07) is 73.2. The average Bonchev–Trinajstić information content (AvgIpc) is 3.78. The zero-order valence-electron chi connectivity index (χ0n) is 30.4. The summed E-state index contributed by atoms with van der Waals surface area (Å²) in [6.07, 6.45) is 0. The van der Waals surface area contributed by atoms with Crippen molar-refractivity contribution in [2.24, 2.45) is 0 Å². The molecule has 3 aromatic heterocycles. The first-order chi connectivity index (χ1) is 27.8. The molecule has 8 aromatic carbocycles. The van der Waals surface area contributed by atoms with Crippen molar-refractivity contribution in [2.45, 2.75) is 0 Å². The van der Waals surface area contributed by atoms with E-state index >= 15 is 0 Å². The highest BCUT2D eigenvalue weighted by atomic mass is 15.0. The van der Waals surface area contributed by atoms with E-state index < -0.39 is 0 Å². The smallest absolute Gasteiger partial charge is 0.160 e. The predicted octanol–water partition coefficient (Wildman–Crippen LogP) is 13.3. The molecule has 0 atom stereocenters. The Kier molecular flexibility index (Phi) is 7.46. The van der Waals surface area contributed by atoms with Gasteiger partial charge in [0.2, 0.25) is 0 Å². The molecule has 0 radical (unpaired) electrons. The Balaban J connectivity index is 1.10. The van der Waals surface area contributed by atoms with Crippen LogP contribution < -0.4 is 0 Å². The molecule has 0 saturated heterocycles. The molecule has 56 heavy (non-hydrogen) atoms. The number of rotatable bonds is 6. The van der Waals surface area contributed by atoms with Crippen LogP contribution in [0.15, 0.2) is 206 Å². The number of hydrogen-bond acceptors (Lipinski definition) is 2. The quantitative estimate of drug-likeness (QED) is 0.172. The molecule has 0 N–H and O–H groups in total. The van der Waals surface area contributed by atoms with Crippen molar-refractivity contribution >= 4 is 43.6 Å². The highest BCUT2D eigenvalue weighted by Gasteiger charge is 2.19. The fourth-order valence-corrected chi connectivity index (χ4v) is 8.29. The lowest BCUT2D eigenvalue weighted by Crippen LogP contribution is -1.98. The standard InChI is InChI=1S/C52H34N4/c1-4-15-35(16-5-1)36-27-29-37(30-28-36)46-33-47(54-52(53-46)38-17-6-2-7-18-38)39-19-14-22-41(31-39)56-49-26-13-11-24-43(49)45-32-44-42-23-10-12-25-48(42)55(50(44)34-51(45)56)40-20-8-3-9-21-40/h1-34H. The highest BCUT2D eigenvalue weighted by molar-refractivity contribution is 6.19. The van der Waals surface area contributed by atoms with Crippen molar-refractivity contribution < 1.29 is 0 Å². The van der Waals surface area contributed by atoms with Gasteiger partial charge < -0.3 is 9.13 Å². The molecule has 11 aromatic rings. The van der Waals surface area contributed by atoms with Gasteiger partial charge in [0.25, 0.3) is 0 Å². The van der Waals surface area contributed by atoms with Gasteiger partial charge in [0.15, 0.2) is 5.82 Å². The summed E-state index contributed by atoms with van der Waals surface area (Å²) in [4.78, 5) is 10.3. The van der Waals surface area contributed by atoms with E-state index in [-0.39, 0.29) is 0 Å². The molecule has 0 aliphatic heterocycles. The maximum atomic E-state index is 5.20. The van der Waals surface area contributed by atoms with Gasteiger partial charge in [0.05, 0.1) is 33.5 Å². The van der Waals surface area contributed by atoms with Crippen molar-refractivity contribution in [1.82, 2.24) is 19.1 Å². The monoisotopic (exact) mass is 714 g/mol. The van der Waals surface area contributed by atoms with Gasteiger partial charge in [-0.05, 0) is 65.7 Å². The predicted molar refractivity (Wildman–Crippen MR) is 232 cm³/mol. The van der Waals surface area contributed by atoms with E-state index in [1.165, 1.54) is 43.7 Å². The second-order valence-corrected chi connectivity index (χ2v) is 14.2. The molecule has 0 spiro atoms. The van der Waals surface area contributed by atoms with Gasteiger partial charge in [-0.3, -0.25) is 0 Å². The van der Waals surface area contributed by atoms with Crippen LogP contribution in [0.1, 0.15) is 0 Å². The van der Waals surface area contributed by atoms with Gasteiger partial charge in [-0.25, -0.2) is 9.97 Å². The summed E-state index contributed by atoms with van der Waals surface area (Å²) in [7, 11) is 0. The normalized spacial score (nSPS) is 11.6. The largest absolute Gasteiger partial charge is 0.309 e. The first kappa shape index (κ1) is 31.9. The summed E-state index contributed by atoms with van der Waals surface area (Å²) in [5.74, 6) is 0.698. The van der Waals surface area contributed by atoms with E-state index in [4.69, 9.17) is 9.97 Å². The van der Waals surface area contributed by atoms with Crippen LogP contribution in [0.3, 0.4) is 0 Å². The first-order valence-corrected chi connectivity index (χ1v) is 19.0. The van der Waals surface area contributed by atoms with Crippen LogP contribution in [0.2, 0.25) is 0 Å². The fourth-order valence-electron chi connectivity index (χ4n) is 8.29. The van der Waals surface area contributed by atoms with Crippen LogP contribution >= 0.6 is 0 Å². The minimum absolute atomic E-state index is 0.698. The van der Waals surface area contributed by atoms with Crippen LogP contribution in [-0.2, 0) is 0 Å². The minimum Gasteiger partial charge on any atom is -0.309 e. The highest BCUT2D eigenvalue weighted by Crippen LogP contribution is 2.40. The molecule has 0 bridgehead atoms. The summed E-state index contributed by atoms with van der Waals surface area (Å²) < 4.78 is 4.80. The van der Waals surface area contributed by atoms with Crippen LogP contribution in [0, 0.1) is 0 Å². The molecule has 0 saturated carbocycles. The molecule has 0 unspecified atom stereocenters. The lowest BCUT2D eigenvalue weighted by Gasteiger charge is -2.13. The summed E-state index contributed by atoms with van der Waals surface area (Å²) in [5, 5.41) is 4.94. The molecular formula is C52H34N4. The van der Waals surface area contributed by atoms with Crippen molar-refractivity contribution in [3.8, 4) is 56.4 Å². The summed E-state index contributed by atoms with van der Waals surface area (Å²) in [6.45, 7) is 0. The lowest BCUT2D eigenvalue weighted by molar-refractivity contribution is 1.16. The fraction of sp³-hybridized carbons (Fsp3) is 0. The maximum absolute atomic E-state index is 5.20. The molecule has 0 aliphatic rings. The Labute approximate surface area is 324 Å². The Morgan fingerprint density at radius 1 is 0.268 bits per heavy atom. The molecule has 4 nitrogen and oxygen atoms in total. The van der Waals surface area contributed by atoms with E-state index in [1.54, 1.807) is 0 Å². The van der Waals surface area contributed by atoms with Gasteiger partial charge in [0, 0.05) is 49.6 Å². The van der Waals surface area contributed by atoms with Crippen LogP contribution in [0.25, 0.3) is 100 Å². The summed E-state index contributed by atoms with van der Waals surface area (Å²) >= 11 is 0. The number of fused-ring (bicyclic) bond motifs is 6. The number of para-hydroxylation sites is 3. The van der Waals surface area contributed by atoms with Crippen molar-refractivity contribution in [3.63, 3.8) is 0 Å². The topological polar surface area (TPSA) is 35.6 Å². The second kappa shape index (κ2) is 13.1. The van der Waals surface area contributed by atoms with Crippen LogP contribution in [-0.4, -0.2) is 19.1 Å². The van der Waals surface area contributed by atoms with E-state index in [0.29, 0.717) is 5.82 Å². The Morgan fingerprint density at radius 2 is 0.732 bits per heavy atom. The van der Waals surface area contributed by atoms with E-state index in [1.807, 2.05) is 24.3 Å². The van der Waals surface area contributed by atoms with Crippen molar-refractivity contribution in [3.05, 3.63) is 206 Å². The molecule has 0 aliphatic carbocycles. The Hall–Kier alpha value is -7.56. The number of hydrogen-bond donors (Lipinski definition) is 0. The third-order valence-corrected chi connectivity index (χ3v) is 10.9. The number of aromatic nitrogens is 4. The van der Waals surface area contributed by atoms with Crippen LogP contribution in [0.5, 0.6) is 0 Å². The zero-order chi connectivity index (χ0) is 37.0. The van der Waals surface area contributed by atoms with Gasteiger partial charge in [0.1, 0.15) is 0 Å². The summed E-state index contributed by atoms with van der Waals surface area (Å²) in [5.41, 5.74) is 14.1. The molecule has 262 valence electrons.